The first kappa shape index (κ1) is 32.2. The van der Waals surface area contributed by atoms with Crippen molar-refractivity contribution in [1.82, 2.24) is 0 Å². The summed E-state index contributed by atoms with van der Waals surface area (Å²) in [5.74, 6) is 1.72. The van der Waals surface area contributed by atoms with Crippen molar-refractivity contribution in [1.29, 1.82) is 0 Å². The molecule has 0 saturated carbocycles. The molecule has 2 heterocycles. The summed E-state index contributed by atoms with van der Waals surface area (Å²) in [6.07, 6.45) is 4.35. The van der Waals surface area contributed by atoms with Crippen molar-refractivity contribution in [2.75, 3.05) is 0 Å². The zero-order valence-electron chi connectivity index (χ0n) is 23.9. The van der Waals surface area contributed by atoms with E-state index in [1.54, 1.807) is 0 Å². The Morgan fingerprint density at radius 2 is 0.822 bits per heavy atom. The van der Waals surface area contributed by atoms with E-state index in [0.29, 0.717) is 0 Å². The van der Waals surface area contributed by atoms with E-state index in [1.807, 2.05) is 12.1 Å². The van der Waals surface area contributed by atoms with E-state index in [-0.39, 0.29) is 14.5 Å². The number of ether oxygens (including phenoxy) is 1. The summed E-state index contributed by atoms with van der Waals surface area (Å²) in [6.45, 7) is 2.23. The Morgan fingerprint density at radius 1 is 0.511 bits per heavy atom. The zero-order chi connectivity index (χ0) is 32.1. The first-order chi connectivity index (χ1) is 21.2. The van der Waals surface area contributed by atoms with Crippen LogP contribution in [0, 0.1) is 0 Å². The molecule has 0 unspecified atom stereocenters. The molecule has 0 atom stereocenters. The maximum atomic E-state index is 9.87. The van der Waals surface area contributed by atoms with Crippen LogP contribution in [0.25, 0.3) is 37.1 Å². The molecule has 1 nitrogen and oxygen atoms in total. The molecule has 0 aliphatic carbocycles. The van der Waals surface area contributed by atoms with Crippen molar-refractivity contribution in [2.45, 2.75) is 6.92 Å². The third-order valence-electron chi connectivity index (χ3n) is 6.69. The van der Waals surface area contributed by atoms with Gasteiger partial charge in [0.15, 0.2) is 0 Å². The Labute approximate surface area is 263 Å². The predicted octanol–water partition coefficient (Wildman–Crippen LogP) is 12.6. The summed E-state index contributed by atoms with van der Waals surface area (Å²) >= 11 is 0.211. The molecule has 230 valence electrons. The van der Waals surface area contributed by atoms with Gasteiger partial charge in [0, 0.05) is 0 Å². The topological polar surface area (TPSA) is 9.23 Å². The fourth-order valence-electron chi connectivity index (χ4n) is 4.58. The summed E-state index contributed by atoms with van der Waals surface area (Å²) in [6, 6.07) is 47.0. The third-order valence-corrected chi connectivity index (χ3v) is 9.09. The van der Waals surface area contributed by atoms with Crippen LogP contribution in [0.15, 0.2) is 151 Å². The molecule has 5 aromatic rings. The third kappa shape index (κ3) is 9.89. The second-order valence-electron chi connectivity index (χ2n) is 10.2. The number of halogens is 6. The number of allylic oxidation sites excluding steroid dienone is 4. The fraction of sp³-hybridized carbons (Fsp3) is 0.0278. The number of rotatable bonds is 5. The molecule has 1 aliphatic rings. The first-order valence-corrected chi connectivity index (χ1v) is 17.5. The Morgan fingerprint density at radius 3 is 1.16 bits per heavy atom. The number of hydrogen-bond donors (Lipinski definition) is 0. The van der Waals surface area contributed by atoms with Gasteiger partial charge in [-0.15, -0.1) is 0 Å². The van der Waals surface area contributed by atoms with Gasteiger partial charge in [-0.05, 0) is 0 Å². The van der Waals surface area contributed by atoms with Crippen molar-refractivity contribution in [3.8, 4) is 20.0 Å². The molecule has 1 aliphatic heterocycles. The minimum absolute atomic E-state index is 0.211. The zero-order valence-corrected chi connectivity index (χ0v) is 26.5. The molecule has 9 heteroatoms. The summed E-state index contributed by atoms with van der Waals surface area (Å²) < 4.78 is 68.4. The Balaban J connectivity index is 0.000000515. The monoisotopic (exact) mass is 700 g/mol. The van der Waals surface area contributed by atoms with E-state index in [0.717, 1.165) is 28.2 Å². The van der Waals surface area contributed by atoms with E-state index >= 15 is 0 Å². The molecule has 0 fully saturated rings. The van der Waals surface area contributed by atoms with Crippen LogP contribution >= 0.6 is 7.81 Å². The van der Waals surface area contributed by atoms with Gasteiger partial charge in [-0.1, -0.05) is 0 Å². The van der Waals surface area contributed by atoms with Gasteiger partial charge < -0.3 is 0 Å². The molecule has 0 radical (unpaired) electrons. The predicted molar refractivity (Wildman–Crippen MR) is 175 cm³/mol. The quantitative estimate of drug-likeness (QED) is 0.101. The van der Waals surface area contributed by atoms with Gasteiger partial charge in [0.2, 0.25) is 0 Å². The minimum atomic E-state index is -10.7. The van der Waals surface area contributed by atoms with Crippen LogP contribution < -0.4 is 0 Å². The summed E-state index contributed by atoms with van der Waals surface area (Å²) in [7, 11) is -10.7. The fourth-order valence-corrected chi connectivity index (χ4v) is 6.92. The van der Waals surface area contributed by atoms with Crippen molar-refractivity contribution >= 4 is 39.4 Å². The van der Waals surface area contributed by atoms with E-state index in [2.05, 4.69) is 140 Å². The molecule has 0 spiro atoms. The second kappa shape index (κ2) is 12.3. The Bertz CT molecular complexity index is 1760. The summed E-state index contributed by atoms with van der Waals surface area (Å²) in [4.78, 5) is 0. The summed E-state index contributed by atoms with van der Waals surface area (Å²) in [5, 5.41) is 0. The molecule has 1 aromatic heterocycles. The molecule has 0 N–H and O–H groups in total. The molecule has 45 heavy (non-hydrogen) atoms. The van der Waals surface area contributed by atoms with Crippen LogP contribution in [0.1, 0.15) is 23.6 Å². The molecule has 0 saturated heterocycles. The molecule has 4 aromatic carbocycles. The number of hydrogen-bond acceptors (Lipinski definition) is 1. The Kier molecular flexibility index (Phi) is 8.79. The van der Waals surface area contributed by atoms with Gasteiger partial charge in [-0.25, -0.2) is 0 Å². The molecular formula is C36H27F6OPSe. The molecular weight excluding hydrogens is 672 g/mol. The van der Waals surface area contributed by atoms with E-state index in [9.17, 15) is 25.2 Å². The van der Waals surface area contributed by atoms with Gasteiger partial charge in [-0.3, -0.25) is 0 Å². The van der Waals surface area contributed by atoms with Gasteiger partial charge in [0.25, 0.3) is 0 Å². The first-order valence-electron chi connectivity index (χ1n) is 13.8. The van der Waals surface area contributed by atoms with Gasteiger partial charge in [0.1, 0.15) is 0 Å². The van der Waals surface area contributed by atoms with Crippen molar-refractivity contribution < 1.29 is 29.9 Å². The van der Waals surface area contributed by atoms with E-state index < -0.39 is 7.81 Å². The van der Waals surface area contributed by atoms with Crippen molar-refractivity contribution in [2.24, 2.45) is 0 Å². The van der Waals surface area contributed by atoms with Crippen LogP contribution in [-0.2, 0) is 4.74 Å². The average molecular weight is 700 g/mol. The van der Waals surface area contributed by atoms with Crippen LogP contribution in [0.4, 0.5) is 25.2 Å². The Hall–Kier alpha value is -4.22. The normalized spacial score (nSPS) is 14.4. The molecule has 6 rings (SSSR count). The van der Waals surface area contributed by atoms with Gasteiger partial charge >= 0.3 is 264 Å². The standard InChI is InChI=1S/C36H27OSe.F6P/c1-26(31-22-33(27-14-6-2-7-15-27)37-34(23-31)28-16-8-3-9-17-28)32-24-35(29-18-10-4-11-19-29)38-36(25-32)30-20-12-5-13-21-30;1-7(2,3,4,5)6/h2-25H,1H3;/q+1;-1. The van der Waals surface area contributed by atoms with Crippen LogP contribution in [0.2, 0.25) is 0 Å². The van der Waals surface area contributed by atoms with Gasteiger partial charge in [-0.2, -0.15) is 0 Å². The molecule has 0 bridgehead atoms. The van der Waals surface area contributed by atoms with Crippen LogP contribution in [-0.4, -0.2) is 14.5 Å². The maximum absolute atomic E-state index is 10.7. The summed E-state index contributed by atoms with van der Waals surface area (Å²) in [5.41, 5.74) is 8.34. The second-order valence-corrected chi connectivity index (χ2v) is 14.4. The van der Waals surface area contributed by atoms with E-state index in [4.69, 9.17) is 4.74 Å². The van der Waals surface area contributed by atoms with Crippen molar-refractivity contribution in [3.63, 3.8) is 0 Å². The van der Waals surface area contributed by atoms with Crippen LogP contribution in [0.3, 0.4) is 0 Å². The molecule has 0 amide bonds. The average Bonchev–Trinajstić information content (AvgIpc) is 3.04. The number of benzene rings is 4. The SMILES string of the molecule is CC(=C1C=C(c2ccccc2)OC(c2ccccc2)=C1)c1cc(-c2ccccc2)[se+]c(-c2ccccc2)c1.F[P-](F)(F)(F)(F)F. The van der Waals surface area contributed by atoms with E-state index in [1.165, 1.54) is 31.1 Å². The van der Waals surface area contributed by atoms with Crippen LogP contribution in [0.5, 0.6) is 0 Å². The van der Waals surface area contributed by atoms with Crippen molar-refractivity contribution in [3.05, 3.63) is 168 Å². The van der Waals surface area contributed by atoms with Gasteiger partial charge in [0.05, 0.1) is 0 Å².